The molecule has 3 N–H and O–H groups in total. The Hall–Kier alpha value is -1.26. The number of alkyl carbamates (subject to hydrolysis) is 1. The van der Waals surface area contributed by atoms with Gasteiger partial charge < -0.3 is 15.8 Å². The van der Waals surface area contributed by atoms with Crippen LogP contribution in [-0.4, -0.2) is 23.6 Å². The molecule has 0 aromatic rings. The summed E-state index contributed by atoms with van der Waals surface area (Å²) >= 11 is 0. The molecule has 3 saturated carbocycles. The Bertz CT molecular complexity index is 341. The number of carbonyl (C=O) groups excluding carboxylic acids is 2. The molecule has 0 heterocycles. The molecular formula is C13H22N2O3. The molecule has 3 aliphatic carbocycles. The number of nitrogens with one attached hydrogen (secondary N) is 1. The van der Waals surface area contributed by atoms with Crippen LogP contribution >= 0.6 is 0 Å². The minimum Gasteiger partial charge on any atom is -0.443 e. The number of fused-ring (bicyclic) bond motifs is 3. The van der Waals surface area contributed by atoms with E-state index in [1.165, 1.54) is 0 Å². The van der Waals surface area contributed by atoms with Crippen molar-refractivity contribution in [2.24, 2.45) is 11.1 Å². The summed E-state index contributed by atoms with van der Waals surface area (Å²) in [5.41, 5.74) is 4.79. The third kappa shape index (κ3) is 2.31. The number of amides is 2. The first kappa shape index (κ1) is 13.2. The Labute approximate surface area is 107 Å². The van der Waals surface area contributed by atoms with Gasteiger partial charge >= 0.3 is 6.09 Å². The molecule has 0 radical (unpaired) electrons. The molecule has 102 valence electrons. The fraction of sp³-hybridized carbons (Fsp3) is 0.846. The molecule has 2 amide bonds. The third-order valence-corrected chi connectivity index (χ3v) is 4.42. The van der Waals surface area contributed by atoms with Crippen molar-refractivity contribution in [3.63, 3.8) is 0 Å². The second-order valence-corrected chi connectivity index (χ2v) is 6.02. The van der Waals surface area contributed by atoms with Gasteiger partial charge in [0, 0.05) is 11.5 Å². The number of hydrogen-bond acceptors (Lipinski definition) is 3. The van der Waals surface area contributed by atoms with Crippen molar-refractivity contribution in [2.45, 2.75) is 64.0 Å². The Kier molecular flexibility index (Phi) is 3.25. The van der Waals surface area contributed by atoms with Crippen molar-refractivity contribution < 1.29 is 14.3 Å². The highest BCUT2D eigenvalue weighted by molar-refractivity contribution is 5.81. The van der Waals surface area contributed by atoms with Crippen molar-refractivity contribution >= 4 is 12.0 Å². The van der Waals surface area contributed by atoms with Crippen LogP contribution < -0.4 is 11.1 Å². The maximum atomic E-state index is 11.7. The first-order valence-electron chi connectivity index (χ1n) is 6.67. The van der Waals surface area contributed by atoms with Gasteiger partial charge in [-0.05, 0) is 52.4 Å². The smallest absolute Gasteiger partial charge is 0.407 e. The molecule has 3 aliphatic rings. The van der Waals surface area contributed by atoms with E-state index in [-0.39, 0.29) is 29.1 Å². The number of ether oxygens (including phenoxy) is 1. The van der Waals surface area contributed by atoms with Crippen LogP contribution in [0.4, 0.5) is 4.79 Å². The molecule has 0 atom stereocenters. The van der Waals surface area contributed by atoms with Gasteiger partial charge in [0.15, 0.2) is 0 Å². The first-order chi connectivity index (χ1) is 8.38. The lowest BCUT2D eigenvalue weighted by atomic mass is 9.58. The molecule has 0 aromatic carbocycles. The number of carbonyl (C=O) groups is 2. The van der Waals surface area contributed by atoms with Crippen molar-refractivity contribution in [3.8, 4) is 0 Å². The Morgan fingerprint density at radius 1 is 1.11 bits per heavy atom. The molecule has 3 rings (SSSR count). The van der Waals surface area contributed by atoms with Gasteiger partial charge in [-0.2, -0.15) is 0 Å². The average molecular weight is 254 g/mol. The van der Waals surface area contributed by atoms with Gasteiger partial charge in [-0.1, -0.05) is 0 Å². The Morgan fingerprint density at radius 2 is 1.61 bits per heavy atom. The second-order valence-electron chi connectivity index (χ2n) is 6.02. The maximum absolute atomic E-state index is 11.7. The summed E-state index contributed by atoms with van der Waals surface area (Å²) in [7, 11) is 0. The highest BCUT2D eigenvalue weighted by Crippen LogP contribution is 2.53. The van der Waals surface area contributed by atoms with E-state index >= 15 is 0 Å². The van der Waals surface area contributed by atoms with Gasteiger partial charge in [-0.3, -0.25) is 4.79 Å². The van der Waals surface area contributed by atoms with E-state index in [0.29, 0.717) is 0 Å². The van der Waals surface area contributed by atoms with Crippen LogP contribution in [0, 0.1) is 5.41 Å². The monoisotopic (exact) mass is 254 g/mol. The number of nitrogens with two attached hydrogens (primary N) is 1. The number of rotatable bonds is 3. The fourth-order valence-electron chi connectivity index (χ4n) is 3.14. The van der Waals surface area contributed by atoms with Crippen molar-refractivity contribution in [1.82, 2.24) is 5.32 Å². The van der Waals surface area contributed by atoms with Crippen LogP contribution in [0.3, 0.4) is 0 Å². The SMILES string of the molecule is CC(C)NC(=O)OC12CCC(C(N)=O)(CC1)CC2. The second kappa shape index (κ2) is 4.44. The van der Waals surface area contributed by atoms with Gasteiger partial charge in [0.05, 0.1) is 0 Å². The van der Waals surface area contributed by atoms with Crippen molar-refractivity contribution in [2.75, 3.05) is 0 Å². The van der Waals surface area contributed by atoms with E-state index in [2.05, 4.69) is 5.32 Å². The first-order valence-corrected chi connectivity index (χ1v) is 6.67. The largest absolute Gasteiger partial charge is 0.443 e. The van der Waals surface area contributed by atoms with Gasteiger partial charge in [-0.25, -0.2) is 4.79 Å². The van der Waals surface area contributed by atoms with E-state index in [4.69, 9.17) is 10.5 Å². The summed E-state index contributed by atoms with van der Waals surface area (Å²) in [6.45, 7) is 3.80. The molecule has 18 heavy (non-hydrogen) atoms. The zero-order valence-electron chi connectivity index (χ0n) is 11.1. The van der Waals surface area contributed by atoms with Gasteiger partial charge in [0.1, 0.15) is 5.60 Å². The van der Waals surface area contributed by atoms with Gasteiger partial charge in [0.2, 0.25) is 5.91 Å². The van der Waals surface area contributed by atoms with E-state index in [0.717, 1.165) is 38.5 Å². The van der Waals surface area contributed by atoms with Crippen LogP contribution in [0.2, 0.25) is 0 Å². The summed E-state index contributed by atoms with van der Waals surface area (Å²) in [5.74, 6) is -0.192. The van der Waals surface area contributed by atoms with E-state index in [1.54, 1.807) is 0 Å². The normalized spacial score (nSPS) is 34.4. The Morgan fingerprint density at radius 3 is 2.00 bits per heavy atom. The van der Waals surface area contributed by atoms with Crippen LogP contribution in [0.1, 0.15) is 52.4 Å². The lowest BCUT2D eigenvalue weighted by Gasteiger charge is -2.50. The van der Waals surface area contributed by atoms with Crippen LogP contribution in [-0.2, 0) is 9.53 Å². The highest BCUT2D eigenvalue weighted by atomic mass is 16.6. The molecule has 0 unspecified atom stereocenters. The minimum atomic E-state index is -0.365. The number of hydrogen-bond donors (Lipinski definition) is 2. The molecule has 2 bridgehead atoms. The summed E-state index contributed by atoms with van der Waals surface area (Å²) in [4.78, 5) is 23.2. The predicted molar refractivity (Wildman–Crippen MR) is 66.8 cm³/mol. The summed E-state index contributed by atoms with van der Waals surface area (Å²) in [5, 5.41) is 2.75. The zero-order chi connectivity index (χ0) is 13.4. The molecule has 0 saturated heterocycles. The van der Waals surface area contributed by atoms with Gasteiger partial charge in [-0.15, -0.1) is 0 Å². The lowest BCUT2D eigenvalue weighted by molar-refractivity contribution is -0.144. The fourth-order valence-corrected chi connectivity index (χ4v) is 3.14. The van der Waals surface area contributed by atoms with Crippen molar-refractivity contribution in [3.05, 3.63) is 0 Å². The van der Waals surface area contributed by atoms with Crippen LogP contribution in [0.25, 0.3) is 0 Å². The highest BCUT2D eigenvalue weighted by Gasteiger charge is 2.53. The molecule has 3 fully saturated rings. The van der Waals surface area contributed by atoms with Crippen LogP contribution in [0.15, 0.2) is 0 Å². The minimum absolute atomic E-state index is 0.0748. The van der Waals surface area contributed by atoms with Crippen LogP contribution in [0.5, 0.6) is 0 Å². The zero-order valence-corrected chi connectivity index (χ0v) is 11.1. The van der Waals surface area contributed by atoms with E-state index in [9.17, 15) is 9.59 Å². The topological polar surface area (TPSA) is 81.4 Å². The molecule has 5 nitrogen and oxygen atoms in total. The molecule has 0 aliphatic heterocycles. The standard InChI is InChI=1S/C13H22N2O3/c1-9(2)15-11(17)18-13-6-3-12(4-7-13,5-8-13)10(14)16/h9H,3-8H2,1-2H3,(H2,14,16)(H,15,17). The third-order valence-electron chi connectivity index (χ3n) is 4.42. The Balaban J connectivity index is 1.97. The predicted octanol–water partition coefficient (Wildman–Crippen LogP) is 1.70. The molecule has 0 spiro atoms. The van der Waals surface area contributed by atoms with Crippen molar-refractivity contribution in [1.29, 1.82) is 0 Å². The number of primary amides is 1. The lowest BCUT2D eigenvalue weighted by Crippen LogP contribution is -2.54. The van der Waals surface area contributed by atoms with E-state index in [1.807, 2.05) is 13.8 Å². The van der Waals surface area contributed by atoms with Gasteiger partial charge in [0.25, 0.3) is 0 Å². The van der Waals surface area contributed by atoms with E-state index < -0.39 is 0 Å². The molecule has 5 heteroatoms. The maximum Gasteiger partial charge on any atom is 0.407 e. The summed E-state index contributed by atoms with van der Waals surface area (Å²) < 4.78 is 5.60. The molecular weight excluding hydrogens is 232 g/mol. The average Bonchev–Trinajstić information content (AvgIpc) is 2.29. The quantitative estimate of drug-likeness (QED) is 0.804. The summed E-state index contributed by atoms with van der Waals surface area (Å²) in [6.07, 6.45) is 4.15. The summed E-state index contributed by atoms with van der Waals surface area (Å²) in [6, 6.07) is 0.0748. The molecule has 0 aromatic heterocycles.